The topological polar surface area (TPSA) is 73.6 Å². The molecule has 0 radical (unpaired) electrons. The molecule has 1 aliphatic heterocycles. The van der Waals surface area contributed by atoms with Gasteiger partial charge in [0.25, 0.3) is 0 Å². The summed E-state index contributed by atoms with van der Waals surface area (Å²) in [6, 6.07) is 8.76. The molecule has 6 heteroatoms. The molecule has 0 bridgehead atoms. The molecule has 1 aliphatic rings. The number of likely N-dealkylation sites (N-methyl/N-ethyl adjacent to an activating group) is 1. The molecule has 1 aromatic carbocycles. The van der Waals surface area contributed by atoms with Gasteiger partial charge in [-0.2, -0.15) is 5.10 Å². The third kappa shape index (κ3) is 3.00. The quantitative estimate of drug-likeness (QED) is 0.526. The van der Waals surface area contributed by atoms with Gasteiger partial charge in [0.05, 0.1) is 0 Å². The first-order valence-electron chi connectivity index (χ1n) is 6.07. The highest BCUT2D eigenvalue weighted by atomic mass is 32.2. The minimum absolute atomic E-state index is 0.207. The molecule has 0 aliphatic carbocycles. The van der Waals surface area contributed by atoms with E-state index in [1.807, 2.05) is 6.07 Å². The van der Waals surface area contributed by atoms with Crippen molar-refractivity contribution in [1.82, 2.24) is 5.01 Å². The molecule has 0 atom stereocenters. The number of carbonyl (C=O) groups excluding carboxylic acids is 2. The third-order valence-corrected chi connectivity index (χ3v) is 3.80. The van der Waals surface area contributed by atoms with Gasteiger partial charge in [-0.1, -0.05) is 48.7 Å². The maximum absolute atomic E-state index is 12.5. The first-order valence-corrected chi connectivity index (χ1v) is 6.89. The molecule has 21 heavy (non-hydrogen) atoms. The summed E-state index contributed by atoms with van der Waals surface area (Å²) in [6.45, 7) is 3.82. The molecule has 106 valence electrons. The number of Topliss-reactive ketones (excluding diaryl/α,β-unsaturated/α-hetero) is 1. The Morgan fingerprint density at radius 1 is 1.38 bits per heavy atom. The van der Waals surface area contributed by atoms with Gasteiger partial charge in [-0.15, -0.1) is 0 Å². The van der Waals surface area contributed by atoms with Gasteiger partial charge in [-0.05, 0) is 0 Å². The fraction of sp³-hybridized carbons (Fsp3) is 0.0667. The number of hydrogen-bond donors (Lipinski definition) is 1. The van der Waals surface area contributed by atoms with Crippen LogP contribution in [0.25, 0.3) is 0 Å². The Labute approximate surface area is 126 Å². The van der Waals surface area contributed by atoms with E-state index in [4.69, 9.17) is 5.41 Å². The van der Waals surface area contributed by atoms with E-state index in [0.717, 1.165) is 18.0 Å². The predicted molar refractivity (Wildman–Crippen MR) is 84.6 cm³/mol. The molecule has 2 rings (SSSR count). The van der Waals surface area contributed by atoms with E-state index in [9.17, 15) is 9.59 Å². The number of benzene rings is 1. The number of carbonyl (C=O) groups is 2. The van der Waals surface area contributed by atoms with Crippen LogP contribution < -0.4 is 0 Å². The molecule has 5 nitrogen and oxygen atoms in total. The SMILES string of the molecule is C=C1SC(C(=O)c2ccccc2)=NN(C)C(C=O)=C1C=N. The van der Waals surface area contributed by atoms with Gasteiger partial charge in [0, 0.05) is 29.3 Å². The van der Waals surface area contributed by atoms with Gasteiger partial charge in [-0.25, -0.2) is 0 Å². The second-order valence-corrected chi connectivity index (χ2v) is 5.29. The number of hydrogen-bond acceptors (Lipinski definition) is 6. The van der Waals surface area contributed by atoms with E-state index < -0.39 is 0 Å². The molecule has 1 heterocycles. The summed E-state index contributed by atoms with van der Waals surface area (Å²) >= 11 is 1.06. The van der Waals surface area contributed by atoms with Crippen LogP contribution in [-0.4, -0.2) is 35.4 Å². The molecule has 0 spiro atoms. The van der Waals surface area contributed by atoms with E-state index in [1.54, 1.807) is 31.3 Å². The van der Waals surface area contributed by atoms with Crippen LogP contribution in [0, 0.1) is 5.41 Å². The van der Waals surface area contributed by atoms with Crippen molar-refractivity contribution < 1.29 is 9.59 Å². The normalized spacial score (nSPS) is 15.4. The molecule has 0 amide bonds. The van der Waals surface area contributed by atoms with Crippen molar-refractivity contribution in [3.63, 3.8) is 0 Å². The van der Waals surface area contributed by atoms with Gasteiger partial charge in [0.15, 0.2) is 11.3 Å². The Hall–Kier alpha value is -2.47. The average molecular weight is 299 g/mol. The van der Waals surface area contributed by atoms with Crippen molar-refractivity contribution >= 4 is 35.1 Å². The number of nitrogens with zero attached hydrogens (tertiary/aromatic N) is 2. The van der Waals surface area contributed by atoms with E-state index in [-0.39, 0.29) is 16.5 Å². The maximum atomic E-state index is 12.5. The number of ketones is 1. The smallest absolute Gasteiger partial charge is 0.220 e. The lowest BCUT2D eigenvalue weighted by Crippen LogP contribution is -2.17. The standard InChI is InChI=1S/C15H13N3O2S/c1-10-12(8-16)13(9-19)18(2)17-15(21-10)14(20)11-6-4-3-5-7-11/h3-9,16H,1H2,2H3. The zero-order valence-corrected chi connectivity index (χ0v) is 12.2. The second-order valence-electron chi connectivity index (χ2n) is 4.21. The van der Waals surface area contributed by atoms with E-state index >= 15 is 0 Å². The summed E-state index contributed by atoms with van der Waals surface area (Å²) in [4.78, 5) is 24.1. The zero-order chi connectivity index (χ0) is 15.4. The Morgan fingerprint density at radius 3 is 2.62 bits per heavy atom. The van der Waals surface area contributed by atoms with E-state index in [1.165, 1.54) is 5.01 Å². The molecular formula is C15H13N3O2S. The molecule has 0 fully saturated rings. The highest BCUT2D eigenvalue weighted by Crippen LogP contribution is 2.30. The van der Waals surface area contributed by atoms with Gasteiger partial charge in [0.2, 0.25) is 5.78 Å². The minimum atomic E-state index is -0.245. The Bertz CT molecular complexity index is 677. The molecule has 0 unspecified atom stereocenters. The van der Waals surface area contributed by atoms with Crippen LogP contribution in [-0.2, 0) is 4.79 Å². The summed E-state index contributed by atoms with van der Waals surface area (Å²) in [5, 5.41) is 13.1. The van der Waals surface area contributed by atoms with E-state index in [0.29, 0.717) is 22.3 Å². The fourth-order valence-electron chi connectivity index (χ4n) is 1.80. The minimum Gasteiger partial charge on any atom is -0.308 e. The van der Waals surface area contributed by atoms with Crippen molar-refractivity contribution in [1.29, 1.82) is 5.41 Å². The Kier molecular flexibility index (Phi) is 4.49. The van der Waals surface area contributed by atoms with Crippen molar-refractivity contribution in [2.45, 2.75) is 0 Å². The predicted octanol–water partition coefficient (Wildman–Crippen LogP) is 2.48. The number of thioether (sulfide) groups is 1. The first kappa shape index (κ1) is 14.9. The van der Waals surface area contributed by atoms with Crippen LogP contribution in [0.4, 0.5) is 0 Å². The number of aldehydes is 1. The van der Waals surface area contributed by atoms with Crippen molar-refractivity contribution in [2.75, 3.05) is 7.05 Å². The van der Waals surface area contributed by atoms with Gasteiger partial charge in [-0.3, -0.25) is 14.6 Å². The largest absolute Gasteiger partial charge is 0.308 e. The summed E-state index contributed by atoms with van der Waals surface area (Å²) in [7, 11) is 1.56. The Balaban J connectivity index is 2.42. The molecule has 1 aromatic rings. The number of nitrogens with one attached hydrogen (secondary N) is 1. The highest BCUT2D eigenvalue weighted by Gasteiger charge is 2.24. The lowest BCUT2D eigenvalue weighted by Gasteiger charge is -2.12. The van der Waals surface area contributed by atoms with Crippen molar-refractivity contribution in [3.8, 4) is 0 Å². The number of rotatable bonds is 4. The maximum Gasteiger partial charge on any atom is 0.220 e. The van der Waals surface area contributed by atoms with Crippen molar-refractivity contribution in [3.05, 3.63) is 58.6 Å². The summed E-state index contributed by atoms with van der Waals surface area (Å²) in [6.07, 6.45) is 1.65. The number of hydrazone groups is 1. The van der Waals surface area contributed by atoms with Crippen LogP contribution in [0.5, 0.6) is 0 Å². The Morgan fingerprint density at radius 2 is 2.05 bits per heavy atom. The van der Waals surface area contributed by atoms with Crippen LogP contribution in [0.3, 0.4) is 0 Å². The van der Waals surface area contributed by atoms with Crippen LogP contribution in [0.15, 0.2) is 58.2 Å². The molecular weight excluding hydrogens is 286 g/mol. The zero-order valence-electron chi connectivity index (χ0n) is 11.4. The van der Waals surface area contributed by atoms with Gasteiger partial charge < -0.3 is 5.41 Å². The monoisotopic (exact) mass is 299 g/mol. The van der Waals surface area contributed by atoms with Gasteiger partial charge in [0.1, 0.15) is 5.70 Å². The van der Waals surface area contributed by atoms with Crippen LogP contribution in [0.1, 0.15) is 10.4 Å². The van der Waals surface area contributed by atoms with Gasteiger partial charge >= 0.3 is 0 Å². The van der Waals surface area contributed by atoms with Crippen LogP contribution in [0.2, 0.25) is 0 Å². The third-order valence-electron chi connectivity index (χ3n) is 2.87. The lowest BCUT2D eigenvalue weighted by atomic mass is 10.1. The fourth-order valence-corrected chi connectivity index (χ4v) is 2.68. The molecule has 1 N–H and O–H groups in total. The molecule has 0 aromatic heterocycles. The lowest BCUT2D eigenvalue weighted by molar-refractivity contribution is -0.106. The number of allylic oxidation sites excluding steroid dienone is 2. The first-order chi connectivity index (χ1) is 10.1. The molecule has 0 saturated heterocycles. The summed E-state index contributed by atoms with van der Waals surface area (Å²) in [5.74, 6) is -0.245. The summed E-state index contributed by atoms with van der Waals surface area (Å²) < 4.78 is 0. The summed E-state index contributed by atoms with van der Waals surface area (Å²) in [5.41, 5.74) is 1.08. The highest BCUT2D eigenvalue weighted by molar-refractivity contribution is 8.19. The van der Waals surface area contributed by atoms with Crippen molar-refractivity contribution in [2.24, 2.45) is 5.10 Å². The second kappa shape index (κ2) is 6.32. The van der Waals surface area contributed by atoms with Crippen LogP contribution >= 0.6 is 11.8 Å². The average Bonchev–Trinajstić information content (AvgIpc) is 2.63. The molecule has 0 saturated carbocycles. The van der Waals surface area contributed by atoms with E-state index in [2.05, 4.69) is 11.7 Å².